The summed E-state index contributed by atoms with van der Waals surface area (Å²) in [4.78, 5) is 12.8. The van der Waals surface area contributed by atoms with Gasteiger partial charge in [-0.3, -0.25) is 10.1 Å². The van der Waals surface area contributed by atoms with Crippen molar-refractivity contribution in [1.29, 1.82) is 0 Å². The summed E-state index contributed by atoms with van der Waals surface area (Å²) in [5.41, 5.74) is 1.01. The van der Waals surface area contributed by atoms with Gasteiger partial charge in [-0.2, -0.15) is 0 Å². The Bertz CT molecular complexity index is 638. The van der Waals surface area contributed by atoms with E-state index in [1.807, 2.05) is 16.8 Å². The summed E-state index contributed by atoms with van der Waals surface area (Å²) < 4.78 is 7.79. The number of ether oxygens (including phenoxy) is 1. The molecular formula is C14H17N3O3. The molecule has 1 atom stereocenters. The summed E-state index contributed by atoms with van der Waals surface area (Å²) in [5, 5.41) is 11.9. The van der Waals surface area contributed by atoms with Gasteiger partial charge in [0.2, 0.25) is 0 Å². The van der Waals surface area contributed by atoms with E-state index in [9.17, 15) is 10.1 Å². The molecule has 1 unspecified atom stereocenters. The molecule has 0 radical (unpaired) electrons. The number of nitro groups is 1. The van der Waals surface area contributed by atoms with Crippen LogP contribution < -0.4 is 0 Å². The van der Waals surface area contributed by atoms with Gasteiger partial charge in [0.15, 0.2) is 0 Å². The number of morpholine rings is 1. The quantitative estimate of drug-likeness (QED) is 0.634. The van der Waals surface area contributed by atoms with Crippen molar-refractivity contribution in [1.82, 2.24) is 9.47 Å². The van der Waals surface area contributed by atoms with E-state index in [2.05, 4.69) is 11.9 Å². The second-order valence-corrected chi connectivity index (χ2v) is 5.22. The topological polar surface area (TPSA) is 60.5 Å². The summed E-state index contributed by atoms with van der Waals surface area (Å²) in [7, 11) is 2.08. The molecule has 3 rings (SSSR count). The van der Waals surface area contributed by atoms with E-state index in [4.69, 9.17) is 4.74 Å². The zero-order valence-corrected chi connectivity index (χ0v) is 11.4. The van der Waals surface area contributed by atoms with Crippen molar-refractivity contribution in [3.05, 3.63) is 40.6 Å². The smallest absolute Gasteiger partial charge is 0.271 e. The van der Waals surface area contributed by atoms with Crippen molar-refractivity contribution >= 4 is 16.6 Å². The maximum Gasteiger partial charge on any atom is 0.271 e. The summed E-state index contributed by atoms with van der Waals surface area (Å²) in [6, 6.07) is 6.93. The largest absolute Gasteiger partial charge is 0.374 e. The molecule has 0 bridgehead atoms. The molecule has 1 fully saturated rings. The molecule has 2 heterocycles. The molecule has 0 saturated carbocycles. The first-order valence-electron chi connectivity index (χ1n) is 6.67. The van der Waals surface area contributed by atoms with Gasteiger partial charge in [-0.15, -0.1) is 0 Å². The van der Waals surface area contributed by atoms with Gasteiger partial charge in [-0.1, -0.05) is 0 Å². The van der Waals surface area contributed by atoms with Crippen molar-refractivity contribution in [3.8, 4) is 0 Å². The van der Waals surface area contributed by atoms with Crippen molar-refractivity contribution in [3.63, 3.8) is 0 Å². The highest BCUT2D eigenvalue weighted by Gasteiger charge is 2.19. The average molecular weight is 275 g/mol. The van der Waals surface area contributed by atoms with E-state index in [-0.39, 0.29) is 16.7 Å². The number of hydrogen-bond donors (Lipinski definition) is 0. The number of nitrogens with zero attached hydrogens (tertiary/aromatic N) is 3. The van der Waals surface area contributed by atoms with Crippen molar-refractivity contribution < 1.29 is 9.66 Å². The van der Waals surface area contributed by atoms with E-state index in [0.717, 1.165) is 37.1 Å². The predicted molar refractivity (Wildman–Crippen MR) is 75.8 cm³/mol. The molecule has 1 aliphatic rings. The molecule has 6 nitrogen and oxygen atoms in total. The third-order valence-corrected chi connectivity index (χ3v) is 3.71. The summed E-state index contributed by atoms with van der Waals surface area (Å²) in [6.07, 6.45) is 2.09. The Balaban J connectivity index is 1.87. The minimum Gasteiger partial charge on any atom is -0.374 e. The van der Waals surface area contributed by atoms with Crippen LogP contribution in [0.4, 0.5) is 5.69 Å². The zero-order valence-electron chi connectivity index (χ0n) is 11.4. The molecule has 1 aromatic heterocycles. The van der Waals surface area contributed by atoms with Gasteiger partial charge in [0.05, 0.1) is 29.7 Å². The van der Waals surface area contributed by atoms with Crippen LogP contribution in [0.2, 0.25) is 0 Å². The number of hydrogen-bond acceptors (Lipinski definition) is 4. The van der Waals surface area contributed by atoms with Gasteiger partial charge in [0.25, 0.3) is 5.69 Å². The van der Waals surface area contributed by atoms with Gasteiger partial charge in [-0.05, 0) is 19.2 Å². The number of aromatic nitrogens is 1. The lowest BCUT2D eigenvalue weighted by atomic mass is 10.2. The first-order valence-corrected chi connectivity index (χ1v) is 6.67. The minimum atomic E-state index is -0.359. The Kier molecular flexibility index (Phi) is 3.42. The maximum atomic E-state index is 10.9. The molecule has 1 saturated heterocycles. The molecule has 0 amide bonds. The third-order valence-electron chi connectivity index (χ3n) is 3.71. The first-order chi connectivity index (χ1) is 9.63. The lowest BCUT2D eigenvalue weighted by molar-refractivity contribution is -0.384. The van der Waals surface area contributed by atoms with Crippen LogP contribution in [0.5, 0.6) is 0 Å². The Morgan fingerprint density at radius 2 is 2.30 bits per heavy atom. The zero-order chi connectivity index (χ0) is 14.1. The number of fused-ring (bicyclic) bond motifs is 1. The number of nitro benzene ring substituents is 1. The number of benzene rings is 1. The molecule has 20 heavy (non-hydrogen) atoms. The fraction of sp³-hybridized carbons (Fsp3) is 0.429. The van der Waals surface area contributed by atoms with Crippen LogP contribution in [0.1, 0.15) is 0 Å². The van der Waals surface area contributed by atoms with Crippen LogP contribution in [0.25, 0.3) is 10.9 Å². The molecule has 6 heteroatoms. The van der Waals surface area contributed by atoms with Gasteiger partial charge in [-0.25, -0.2) is 0 Å². The second-order valence-electron chi connectivity index (χ2n) is 5.22. The van der Waals surface area contributed by atoms with Crippen molar-refractivity contribution in [2.45, 2.75) is 12.6 Å². The predicted octanol–water partition coefficient (Wildman–Crippen LogP) is 1.88. The van der Waals surface area contributed by atoms with E-state index in [0.29, 0.717) is 0 Å². The lowest BCUT2D eigenvalue weighted by Gasteiger charge is -2.30. The molecule has 0 spiro atoms. The van der Waals surface area contributed by atoms with Crippen LogP contribution in [0, 0.1) is 10.1 Å². The van der Waals surface area contributed by atoms with Crippen molar-refractivity contribution in [2.24, 2.45) is 0 Å². The van der Waals surface area contributed by atoms with E-state index in [1.54, 1.807) is 12.1 Å². The maximum absolute atomic E-state index is 10.9. The molecule has 0 aliphatic carbocycles. The van der Waals surface area contributed by atoms with Crippen LogP contribution in [0.15, 0.2) is 30.5 Å². The van der Waals surface area contributed by atoms with E-state index < -0.39 is 0 Å². The van der Waals surface area contributed by atoms with Crippen molar-refractivity contribution in [2.75, 3.05) is 26.7 Å². The monoisotopic (exact) mass is 275 g/mol. The normalized spacial score (nSPS) is 20.4. The number of non-ortho nitro benzene ring substituents is 1. The Labute approximate surface area is 116 Å². The molecule has 2 aromatic rings. The highest BCUT2D eigenvalue weighted by Crippen LogP contribution is 2.22. The van der Waals surface area contributed by atoms with E-state index in [1.165, 1.54) is 6.07 Å². The Morgan fingerprint density at radius 3 is 3.05 bits per heavy atom. The van der Waals surface area contributed by atoms with Gasteiger partial charge in [0, 0.05) is 36.8 Å². The third kappa shape index (κ3) is 2.52. The first kappa shape index (κ1) is 13.1. The second kappa shape index (κ2) is 5.22. The Hall–Kier alpha value is -1.92. The Morgan fingerprint density at radius 1 is 1.45 bits per heavy atom. The molecule has 106 valence electrons. The number of likely N-dealkylation sites (N-methyl/N-ethyl adjacent to an activating group) is 1. The standard InChI is InChI=1S/C14H17N3O3/c1-15-6-7-20-13(9-15)10-16-5-4-11-2-3-12(17(18)19)8-14(11)16/h2-5,8,13H,6-7,9-10H2,1H3. The van der Waals surface area contributed by atoms with Gasteiger partial charge in [0.1, 0.15) is 0 Å². The van der Waals surface area contributed by atoms with E-state index >= 15 is 0 Å². The fourth-order valence-electron chi connectivity index (χ4n) is 2.64. The molecule has 0 N–H and O–H groups in total. The van der Waals surface area contributed by atoms with Gasteiger partial charge >= 0.3 is 0 Å². The van der Waals surface area contributed by atoms with Crippen LogP contribution in [0.3, 0.4) is 0 Å². The molecule has 1 aromatic carbocycles. The van der Waals surface area contributed by atoms with Crippen LogP contribution >= 0.6 is 0 Å². The molecular weight excluding hydrogens is 258 g/mol. The van der Waals surface area contributed by atoms with Gasteiger partial charge < -0.3 is 14.2 Å². The molecule has 1 aliphatic heterocycles. The average Bonchev–Trinajstić information content (AvgIpc) is 2.81. The summed E-state index contributed by atoms with van der Waals surface area (Å²) in [5.74, 6) is 0. The number of rotatable bonds is 3. The summed E-state index contributed by atoms with van der Waals surface area (Å²) in [6.45, 7) is 3.29. The highest BCUT2D eigenvalue weighted by molar-refractivity contribution is 5.82. The minimum absolute atomic E-state index is 0.124. The summed E-state index contributed by atoms with van der Waals surface area (Å²) >= 11 is 0. The highest BCUT2D eigenvalue weighted by atomic mass is 16.6. The van der Waals surface area contributed by atoms with Crippen LogP contribution in [-0.4, -0.2) is 47.2 Å². The fourth-order valence-corrected chi connectivity index (χ4v) is 2.64. The van der Waals surface area contributed by atoms with Crippen LogP contribution in [-0.2, 0) is 11.3 Å². The lowest BCUT2D eigenvalue weighted by Crippen LogP contribution is -2.41. The SMILES string of the molecule is CN1CCOC(Cn2ccc3ccc([N+](=O)[O-])cc32)C1.